The highest BCUT2D eigenvalue weighted by molar-refractivity contribution is 5.80. The zero-order valence-electron chi connectivity index (χ0n) is 4.06. The minimum absolute atomic E-state index is 0.0127. The number of carboxylic acid groups (broad SMARTS) is 1. The number of hydrogen-bond acceptors (Lipinski definition) is 2. The highest BCUT2D eigenvalue weighted by atomic mass is 19.1. The van der Waals surface area contributed by atoms with E-state index in [4.69, 9.17) is 5.11 Å². The summed E-state index contributed by atoms with van der Waals surface area (Å²) in [5, 5.41) is 8.14. The smallest absolute Gasteiger partial charge is 0.341 e. The first-order chi connectivity index (χ1) is 3.71. The van der Waals surface area contributed by atoms with Crippen LogP contribution in [-0.4, -0.2) is 30.0 Å². The summed E-state index contributed by atoms with van der Waals surface area (Å²) in [7, 11) is 0. The topological polar surface area (TPSA) is 49.8 Å². The van der Waals surface area contributed by atoms with E-state index in [2.05, 4.69) is 4.74 Å². The van der Waals surface area contributed by atoms with Crippen LogP contribution in [0.2, 0.25) is 0 Å². The van der Waals surface area contributed by atoms with Crippen molar-refractivity contribution < 1.29 is 19.0 Å². The van der Waals surface area contributed by atoms with Gasteiger partial charge < -0.3 is 9.84 Å². The lowest BCUT2D eigenvalue weighted by atomic mass is 10.2. The summed E-state index contributed by atoms with van der Waals surface area (Å²) in [6, 6.07) is 0. The summed E-state index contributed by atoms with van der Waals surface area (Å²) in [6.07, 6.45) is 0. The van der Waals surface area contributed by atoms with E-state index in [0.29, 0.717) is 0 Å². The number of rotatable bonds is 2. The van der Waals surface area contributed by atoms with Gasteiger partial charge in [-0.2, -0.15) is 0 Å². The normalized spacial score (nSPS) is 34.6. The van der Waals surface area contributed by atoms with E-state index in [9.17, 15) is 9.18 Å². The molecule has 1 atom stereocenters. The van der Waals surface area contributed by atoms with Crippen molar-refractivity contribution in [3.63, 3.8) is 0 Å². The number of epoxide rings is 1. The Kier molecular flexibility index (Phi) is 0.973. The van der Waals surface area contributed by atoms with Gasteiger partial charge in [0, 0.05) is 0 Å². The van der Waals surface area contributed by atoms with Crippen LogP contribution < -0.4 is 0 Å². The van der Waals surface area contributed by atoms with Gasteiger partial charge in [-0.05, 0) is 0 Å². The fraction of sp³-hybridized carbons (Fsp3) is 0.750. The molecule has 46 valence electrons. The summed E-state index contributed by atoms with van der Waals surface area (Å²) < 4.78 is 15.9. The fourth-order valence-electron chi connectivity index (χ4n) is 0.345. The molecular formula is C4H5FO3. The fourth-order valence-corrected chi connectivity index (χ4v) is 0.345. The van der Waals surface area contributed by atoms with Gasteiger partial charge >= 0.3 is 5.97 Å². The molecule has 0 bridgehead atoms. The van der Waals surface area contributed by atoms with Gasteiger partial charge in [0.25, 0.3) is 0 Å². The second-order valence-corrected chi connectivity index (χ2v) is 1.72. The maximum Gasteiger partial charge on any atom is 0.341 e. The third-order valence-electron chi connectivity index (χ3n) is 1.10. The minimum atomic E-state index is -1.46. The molecule has 1 saturated heterocycles. The van der Waals surface area contributed by atoms with Crippen LogP contribution in [0.4, 0.5) is 4.39 Å². The first-order valence-electron chi connectivity index (χ1n) is 2.14. The molecule has 0 amide bonds. The Bertz CT molecular complexity index is 118. The molecule has 1 N–H and O–H groups in total. The molecule has 1 rings (SSSR count). The van der Waals surface area contributed by atoms with Crippen LogP contribution in [0.3, 0.4) is 0 Å². The van der Waals surface area contributed by atoms with Crippen LogP contribution in [0.1, 0.15) is 0 Å². The summed E-state index contributed by atoms with van der Waals surface area (Å²) in [5.41, 5.74) is -1.46. The molecule has 4 heteroatoms. The third-order valence-corrected chi connectivity index (χ3v) is 1.10. The SMILES string of the molecule is O=C(O)[C@@]1(CF)CO1. The van der Waals surface area contributed by atoms with Crippen molar-refractivity contribution in [2.45, 2.75) is 5.60 Å². The van der Waals surface area contributed by atoms with E-state index in [1.165, 1.54) is 0 Å². The average molecular weight is 120 g/mol. The zero-order valence-corrected chi connectivity index (χ0v) is 4.06. The van der Waals surface area contributed by atoms with Crippen LogP contribution >= 0.6 is 0 Å². The molecule has 0 aromatic heterocycles. The number of halogens is 1. The molecule has 1 aliphatic rings. The average Bonchev–Trinajstić information content (AvgIpc) is 2.44. The van der Waals surface area contributed by atoms with Gasteiger partial charge in [0.2, 0.25) is 5.60 Å². The summed E-state index contributed by atoms with van der Waals surface area (Å²) in [4.78, 5) is 9.95. The predicted octanol–water partition coefficient (Wildman–Crippen LogP) is -0.191. The van der Waals surface area contributed by atoms with Gasteiger partial charge in [0.1, 0.15) is 6.67 Å². The number of carbonyl (C=O) groups is 1. The standard InChI is InChI=1S/C4H5FO3/c5-1-4(2-8-4)3(6)7/h1-2H2,(H,6,7)/t4-/m1/s1. The number of ether oxygens (including phenoxy) is 1. The predicted molar refractivity (Wildman–Crippen MR) is 22.3 cm³/mol. The summed E-state index contributed by atoms with van der Waals surface area (Å²) in [6.45, 7) is -0.916. The Morgan fingerprint density at radius 2 is 2.50 bits per heavy atom. The van der Waals surface area contributed by atoms with Gasteiger partial charge in [-0.1, -0.05) is 0 Å². The third kappa shape index (κ3) is 0.571. The van der Waals surface area contributed by atoms with E-state index in [0.717, 1.165) is 0 Å². The lowest BCUT2D eigenvalue weighted by Crippen LogP contribution is -2.25. The molecule has 0 radical (unpaired) electrons. The van der Waals surface area contributed by atoms with Crippen molar-refractivity contribution in [2.24, 2.45) is 0 Å². The van der Waals surface area contributed by atoms with E-state index < -0.39 is 18.2 Å². The zero-order chi connectivity index (χ0) is 6.20. The van der Waals surface area contributed by atoms with E-state index in [1.807, 2.05) is 0 Å². The van der Waals surface area contributed by atoms with E-state index in [1.54, 1.807) is 0 Å². The van der Waals surface area contributed by atoms with Crippen molar-refractivity contribution in [1.29, 1.82) is 0 Å². The molecule has 3 nitrogen and oxygen atoms in total. The van der Waals surface area contributed by atoms with E-state index in [-0.39, 0.29) is 6.61 Å². The maximum atomic E-state index is 11.6. The van der Waals surface area contributed by atoms with Crippen LogP contribution in [0.15, 0.2) is 0 Å². The Morgan fingerprint density at radius 1 is 2.00 bits per heavy atom. The lowest BCUT2D eigenvalue weighted by Gasteiger charge is -1.94. The maximum absolute atomic E-state index is 11.6. The van der Waals surface area contributed by atoms with Crippen molar-refractivity contribution in [1.82, 2.24) is 0 Å². The van der Waals surface area contributed by atoms with Gasteiger partial charge in [0.15, 0.2) is 0 Å². The van der Waals surface area contributed by atoms with Crippen LogP contribution in [-0.2, 0) is 9.53 Å². The van der Waals surface area contributed by atoms with Gasteiger partial charge in [-0.15, -0.1) is 0 Å². The summed E-state index contributed by atoms with van der Waals surface area (Å²) >= 11 is 0. The van der Waals surface area contributed by atoms with Gasteiger partial charge in [0.05, 0.1) is 6.61 Å². The first kappa shape index (κ1) is 5.50. The molecule has 0 unspecified atom stereocenters. The van der Waals surface area contributed by atoms with Gasteiger partial charge in [-0.3, -0.25) is 0 Å². The number of hydrogen-bond donors (Lipinski definition) is 1. The Morgan fingerprint density at radius 3 is 2.50 bits per heavy atom. The Hall–Kier alpha value is -0.640. The molecule has 1 fully saturated rings. The monoisotopic (exact) mass is 120 g/mol. The van der Waals surface area contributed by atoms with E-state index >= 15 is 0 Å². The first-order valence-corrected chi connectivity index (χ1v) is 2.14. The summed E-state index contributed by atoms with van der Waals surface area (Å²) in [5.74, 6) is -1.21. The number of alkyl halides is 1. The molecule has 0 saturated carbocycles. The van der Waals surface area contributed by atoms with Gasteiger partial charge in [-0.25, -0.2) is 9.18 Å². The number of aliphatic carboxylic acids is 1. The van der Waals surface area contributed by atoms with Crippen molar-refractivity contribution >= 4 is 5.97 Å². The van der Waals surface area contributed by atoms with Crippen LogP contribution in [0.5, 0.6) is 0 Å². The molecule has 1 heterocycles. The molecule has 0 aliphatic carbocycles. The highest BCUT2D eigenvalue weighted by Crippen LogP contribution is 2.26. The highest BCUT2D eigenvalue weighted by Gasteiger charge is 2.53. The van der Waals surface area contributed by atoms with Crippen LogP contribution in [0.25, 0.3) is 0 Å². The second-order valence-electron chi connectivity index (χ2n) is 1.72. The quantitative estimate of drug-likeness (QED) is 0.514. The Balaban J connectivity index is 2.53. The minimum Gasteiger partial charge on any atom is -0.479 e. The van der Waals surface area contributed by atoms with Crippen LogP contribution in [0, 0.1) is 0 Å². The molecule has 0 aromatic rings. The molecule has 1 aliphatic heterocycles. The number of carboxylic acids is 1. The molecule has 8 heavy (non-hydrogen) atoms. The van der Waals surface area contributed by atoms with Crippen molar-refractivity contribution in [3.05, 3.63) is 0 Å². The van der Waals surface area contributed by atoms with Crippen molar-refractivity contribution in [3.8, 4) is 0 Å². The lowest BCUT2D eigenvalue weighted by molar-refractivity contribution is -0.143. The molecule has 0 aromatic carbocycles. The molecular weight excluding hydrogens is 115 g/mol. The van der Waals surface area contributed by atoms with Crippen molar-refractivity contribution in [2.75, 3.05) is 13.3 Å². The molecule has 0 spiro atoms. The Labute approximate surface area is 45.1 Å². The second kappa shape index (κ2) is 1.42. The largest absolute Gasteiger partial charge is 0.479 e.